The molecule has 0 bridgehead atoms. The number of urea groups is 1. The van der Waals surface area contributed by atoms with Crippen molar-refractivity contribution in [2.75, 3.05) is 61.4 Å². The van der Waals surface area contributed by atoms with Crippen LogP contribution in [0.3, 0.4) is 0 Å². The summed E-state index contributed by atoms with van der Waals surface area (Å²) in [6.45, 7) is 11.1. The molecule has 1 aromatic heterocycles. The first kappa shape index (κ1) is 33.2. The lowest BCUT2D eigenvalue weighted by Crippen LogP contribution is -2.43. The molecule has 0 N–H and O–H groups in total. The molecule has 0 spiro atoms. The minimum absolute atomic E-state index is 0.113. The van der Waals surface area contributed by atoms with Crippen molar-refractivity contribution in [1.82, 2.24) is 24.8 Å². The van der Waals surface area contributed by atoms with Crippen LogP contribution in [0.15, 0.2) is 6.20 Å². The van der Waals surface area contributed by atoms with Crippen molar-refractivity contribution in [2.45, 2.75) is 110 Å². The Morgan fingerprint density at radius 1 is 0.769 bits per heavy atom. The third kappa shape index (κ3) is 10.8. The van der Waals surface area contributed by atoms with Gasteiger partial charge in [0.2, 0.25) is 0 Å². The highest BCUT2D eigenvalue weighted by atomic mass is 16.2. The second kappa shape index (κ2) is 15.1. The molecule has 0 saturated carbocycles. The van der Waals surface area contributed by atoms with Crippen molar-refractivity contribution < 1.29 is 18.6 Å². The first-order valence-electron chi connectivity index (χ1n) is 15.4. The molecule has 2 rings (SSSR count). The van der Waals surface area contributed by atoms with E-state index in [2.05, 4.69) is 51.6 Å². The lowest BCUT2D eigenvalue weighted by atomic mass is 10.1. The van der Waals surface area contributed by atoms with Crippen molar-refractivity contribution in [3.63, 3.8) is 0 Å². The second-order valence-corrected chi connectivity index (χ2v) is 13.6. The Kier molecular flexibility index (Phi) is 12.9. The van der Waals surface area contributed by atoms with Gasteiger partial charge in [0.1, 0.15) is 17.8 Å². The van der Waals surface area contributed by atoms with Crippen LogP contribution in [0.2, 0.25) is 0 Å². The molecule has 9 nitrogen and oxygen atoms in total. The molecule has 39 heavy (non-hydrogen) atoms. The van der Waals surface area contributed by atoms with E-state index in [1.165, 1.54) is 80.6 Å². The molecule has 0 aliphatic carbocycles. The summed E-state index contributed by atoms with van der Waals surface area (Å²) in [5.74, 6) is -0.113. The lowest BCUT2D eigenvalue weighted by Gasteiger charge is -2.30. The lowest BCUT2D eigenvalue weighted by molar-refractivity contribution is -0.904. The second-order valence-electron chi connectivity index (χ2n) is 13.6. The van der Waals surface area contributed by atoms with Gasteiger partial charge in [0.05, 0.1) is 60.6 Å². The molecule has 0 unspecified atom stereocenters. The minimum Gasteiger partial charge on any atom is -0.327 e. The standard InChI is InChI=1S/C30H59N7O2/c1-9-10-11-12-13-14-15-16-17-18-22-36(5,6)24-21-34-25-27(31-32-34)26-37(7,8)23-19-20-35-28(38)30(2,3)33(4)29(35)39/h25H,9-24,26H2,1-8H3/q+2. The van der Waals surface area contributed by atoms with Gasteiger partial charge >= 0.3 is 6.03 Å². The Bertz CT molecular complexity index is 894. The molecule has 0 aromatic carbocycles. The number of unbranched alkanes of at least 4 members (excludes halogenated alkanes) is 9. The van der Waals surface area contributed by atoms with Gasteiger partial charge in [-0.15, -0.1) is 5.10 Å². The van der Waals surface area contributed by atoms with E-state index in [1.807, 2.05) is 4.68 Å². The van der Waals surface area contributed by atoms with E-state index in [9.17, 15) is 9.59 Å². The van der Waals surface area contributed by atoms with Gasteiger partial charge in [-0.2, -0.15) is 0 Å². The number of rotatable bonds is 20. The number of nitrogens with zero attached hydrogens (tertiary/aromatic N) is 7. The summed E-state index contributed by atoms with van der Waals surface area (Å²) in [7, 11) is 10.7. The molecule has 0 radical (unpaired) electrons. The highest BCUT2D eigenvalue weighted by Gasteiger charge is 2.48. The molecular weight excluding hydrogens is 490 g/mol. The number of imide groups is 1. The van der Waals surface area contributed by atoms with Gasteiger partial charge in [-0.25, -0.2) is 9.48 Å². The fraction of sp³-hybridized carbons (Fsp3) is 0.867. The largest absolute Gasteiger partial charge is 0.327 e. The molecule has 1 aliphatic heterocycles. The van der Waals surface area contributed by atoms with Crippen molar-refractivity contribution in [3.05, 3.63) is 11.9 Å². The maximum atomic E-state index is 12.6. The smallest absolute Gasteiger partial charge is 0.327 e. The van der Waals surface area contributed by atoms with Crippen LogP contribution in [-0.4, -0.2) is 113 Å². The van der Waals surface area contributed by atoms with Crippen LogP contribution in [0, 0.1) is 0 Å². The fourth-order valence-corrected chi connectivity index (χ4v) is 5.38. The van der Waals surface area contributed by atoms with E-state index < -0.39 is 5.54 Å². The number of hydrogen-bond acceptors (Lipinski definition) is 4. The zero-order valence-electron chi connectivity index (χ0n) is 26.5. The van der Waals surface area contributed by atoms with E-state index in [1.54, 1.807) is 20.9 Å². The van der Waals surface area contributed by atoms with Gasteiger partial charge < -0.3 is 13.9 Å². The first-order valence-corrected chi connectivity index (χ1v) is 15.4. The van der Waals surface area contributed by atoms with Crippen LogP contribution in [0.25, 0.3) is 0 Å². The first-order chi connectivity index (χ1) is 18.3. The summed E-state index contributed by atoms with van der Waals surface area (Å²) in [6.07, 6.45) is 16.6. The molecule has 0 atom stereocenters. The Balaban J connectivity index is 1.65. The van der Waals surface area contributed by atoms with Crippen molar-refractivity contribution in [1.29, 1.82) is 0 Å². The van der Waals surface area contributed by atoms with E-state index in [-0.39, 0.29) is 11.9 Å². The summed E-state index contributed by atoms with van der Waals surface area (Å²) >= 11 is 0. The predicted molar refractivity (Wildman–Crippen MR) is 158 cm³/mol. The molecule has 224 valence electrons. The molecule has 1 aliphatic rings. The maximum absolute atomic E-state index is 12.6. The van der Waals surface area contributed by atoms with Crippen LogP contribution in [0.5, 0.6) is 0 Å². The third-order valence-corrected chi connectivity index (χ3v) is 8.50. The fourth-order valence-electron chi connectivity index (χ4n) is 5.38. The summed E-state index contributed by atoms with van der Waals surface area (Å²) in [6, 6.07) is -0.201. The van der Waals surface area contributed by atoms with Crippen LogP contribution in [0.4, 0.5) is 4.79 Å². The highest BCUT2D eigenvalue weighted by Crippen LogP contribution is 2.26. The van der Waals surface area contributed by atoms with E-state index in [0.717, 1.165) is 47.3 Å². The maximum Gasteiger partial charge on any atom is 0.327 e. The van der Waals surface area contributed by atoms with Gasteiger partial charge in [-0.05, 0) is 26.7 Å². The minimum atomic E-state index is -0.763. The number of carbonyl (C=O) groups excluding carboxylic acids is 2. The topological polar surface area (TPSA) is 71.3 Å². The highest BCUT2D eigenvalue weighted by molar-refractivity contribution is 6.06. The Labute approximate surface area is 238 Å². The predicted octanol–water partition coefficient (Wildman–Crippen LogP) is 4.91. The van der Waals surface area contributed by atoms with Gasteiger partial charge in [-0.1, -0.05) is 63.5 Å². The van der Waals surface area contributed by atoms with Gasteiger partial charge in [0, 0.05) is 20.0 Å². The summed E-state index contributed by atoms with van der Waals surface area (Å²) in [5, 5.41) is 8.82. The Hall–Kier alpha value is -2.00. The number of likely N-dealkylation sites (N-methyl/N-ethyl adjacent to an activating group) is 2. The molecule has 1 saturated heterocycles. The zero-order chi connectivity index (χ0) is 29.1. The Morgan fingerprint density at radius 2 is 1.33 bits per heavy atom. The van der Waals surface area contributed by atoms with Crippen LogP contribution in [0.1, 0.15) is 97.1 Å². The van der Waals surface area contributed by atoms with Gasteiger partial charge in [-0.3, -0.25) is 9.69 Å². The molecular formula is C30H59N7O2+2. The van der Waals surface area contributed by atoms with Gasteiger partial charge in [0.25, 0.3) is 5.91 Å². The normalized spacial score (nSPS) is 16.1. The molecule has 1 aromatic rings. The number of carbonyl (C=O) groups is 2. The quantitative estimate of drug-likeness (QED) is 0.132. The molecule has 3 amide bonds. The Morgan fingerprint density at radius 3 is 1.90 bits per heavy atom. The monoisotopic (exact) mass is 549 g/mol. The van der Waals surface area contributed by atoms with Gasteiger partial charge in [0.15, 0.2) is 0 Å². The summed E-state index contributed by atoms with van der Waals surface area (Å²) < 4.78 is 3.72. The third-order valence-electron chi connectivity index (χ3n) is 8.50. The van der Waals surface area contributed by atoms with Crippen molar-refractivity contribution in [2.24, 2.45) is 0 Å². The number of aromatic nitrogens is 3. The number of amides is 3. The summed E-state index contributed by atoms with van der Waals surface area (Å²) in [5.41, 5.74) is 0.217. The molecule has 2 heterocycles. The molecule has 9 heteroatoms. The average Bonchev–Trinajstić information content (AvgIpc) is 3.36. The summed E-state index contributed by atoms with van der Waals surface area (Å²) in [4.78, 5) is 28.0. The number of hydrogen-bond donors (Lipinski definition) is 0. The van der Waals surface area contributed by atoms with Crippen LogP contribution >= 0.6 is 0 Å². The molecule has 1 fully saturated rings. The van der Waals surface area contributed by atoms with Crippen molar-refractivity contribution >= 4 is 11.9 Å². The number of quaternary nitrogens is 2. The van der Waals surface area contributed by atoms with E-state index in [4.69, 9.17) is 0 Å². The van der Waals surface area contributed by atoms with E-state index in [0.29, 0.717) is 6.54 Å². The van der Waals surface area contributed by atoms with Crippen LogP contribution < -0.4 is 0 Å². The van der Waals surface area contributed by atoms with Crippen LogP contribution in [-0.2, 0) is 17.9 Å². The van der Waals surface area contributed by atoms with Crippen molar-refractivity contribution in [3.8, 4) is 0 Å². The SMILES string of the molecule is CCCCCCCCCCCC[N+](C)(C)CCn1cc(C[N+](C)(C)CCCN2C(=O)N(C)C(C)(C)C2=O)nn1. The zero-order valence-corrected chi connectivity index (χ0v) is 26.5. The average molecular weight is 550 g/mol. The van der Waals surface area contributed by atoms with E-state index >= 15 is 0 Å².